The summed E-state index contributed by atoms with van der Waals surface area (Å²) < 4.78 is 0.242. The molecule has 0 radical (unpaired) electrons. The second-order valence-corrected chi connectivity index (χ2v) is 8.01. The summed E-state index contributed by atoms with van der Waals surface area (Å²) in [5, 5.41) is 1.99. The summed E-state index contributed by atoms with van der Waals surface area (Å²) in [5.41, 5.74) is 4.66. The SMILES string of the molecule is Cc1ccc(C(=O)NN2C(=O)C(=Cc3ccc(Cl)cc3Cl)SC2=S)cc1. The fourth-order valence-electron chi connectivity index (χ4n) is 2.19. The Morgan fingerprint density at radius 3 is 2.54 bits per heavy atom. The average molecular weight is 423 g/mol. The van der Waals surface area contributed by atoms with E-state index in [0.29, 0.717) is 26.1 Å². The number of aryl methyl sites for hydroxylation is 1. The number of amides is 2. The number of hydrazine groups is 1. The number of thiocarbonyl (C=S) groups is 1. The van der Waals surface area contributed by atoms with Crippen LogP contribution in [-0.2, 0) is 4.79 Å². The van der Waals surface area contributed by atoms with E-state index in [9.17, 15) is 9.59 Å². The number of rotatable bonds is 3. The third-order valence-electron chi connectivity index (χ3n) is 3.57. The van der Waals surface area contributed by atoms with E-state index in [-0.39, 0.29) is 4.32 Å². The smallest absolute Gasteiger partial charge is 0.267 e. The molecule has 0 unspecified atom stereocenters. The predicted molar refractivity (Wildman–Crippen MR) is 110 cm³/mol. The van der Waals surface area contributed by atoms with Crippen LogP contribution in [0.5, 0.6) is 0 Å². The third kappa shape index (κ3) is 4.10. The van der Waals surface area contributed by atoms with Crippen molar-refractivity contribution in [2.45, 2.75) is 6.92 Å². The van der Waals surface area contributed by atoms with Crippen molar-refractivity contribution in [2.24, 2.45) is 0 Å². The van der Waals surface area contributed by atoms with E-state index in [1.54, 1.807) is 36.4 Å². The lowest BCUT2D eigenvalue weighted by molar-refractivity contribution is -0.123. The van der Waals surface area contributed by atoms with Crippen LogP contribution in [0.1, 0.15) is 21.5 Å². The fraction of sp³-hybridized carbons (Fsp3) is 0.0556. The quantitative estimate of drug-likeness (QED) is 0.567. The average Bonchev–Trinajstić information content (AvgIpc) is 2.85. The summed E-state index contributed by atoms with van der Waals surface area (Å²) in [5.74, 6) is -0.821. The van der Waals surface area contributed by atoms with Gasteiger partial charge in [0.2, 0.25) is 0 Å². The maximum Gasteiger partial charge on any atom is 0.285 e. The topological polar surface area (TPSA) is 49.4 Å². The molecule has 8 heteroatoms. The summed E-state index contributed by atoms with van der Waals surface area (Å²) in [6.07, 6.45) is 1.62. The Hall–Kier alpha value is -1.86. The molecule has 1 heterocycles. The maximum absolute atomic E-state index is 12.6. The normalized spacial score (nSPS) is 15.7. The molecule has 1 aliphatic heterocycles. The van der Waals surface area contributed by atoms with Crippen LogP contribution in [0.15, 0.2) is 47.4 Å². The van der Waals surface area contributed by atoms with E-state index in [4.69, 9.17) is 35.4 Å². The van der Waals surface area contributed by atoms with Crippen LogP contribution in [0.3, 0.4) is 0 Å². The largest absolute Gasteiger partial charge is 0.285 e. The number of nitrogens with one attached hydrogen (secondary N) is 1. The zero-order chi connectivity index (χ0) is 18.8. The zero-order valence-electron chi connectivity index (χ0n) is 13.5. The number of thioether (sulfide) groups is 1. The highest BCUT2D eigenvalue weighted by Gasteiger charge is 2.33. The van der Waals surface area contributed by atoms with E-state index in [1.165, 1.54) is 0 Å². The van der Waals surface area contributed by atoms with Crippen molar-refractivity contribution >= 4 is 69.4 Å². The van der Waals surface area contributed by atoms with Crippen molar-refractivity contribution < 1.29 is 9.59 Å². The van der Waals surface area contributed by atoms with Gasteiger partial charge in [0.25, 0.3) is 11.8 Å². The Kier molecular flexibility index (Phi) is 5.67. The van der Waals surface area contributed by atoms with Crippen molar-refractivity contribution in [3.05, 3.63) is 74.1 Å². The summed E-state index contributed by atoms with van der Waals surface area (Å²) in [6.45, 7) is 1.93. The fourth-order valence-corrected chi connectivity index (χ4v) is 3.83. The molecular weight excluding hydrogens is 411 g/mol. The summed E-state index contributed by atoms with van der Waals surface area (Å²) in [6, 6.07) is 12.0. The number of carbonyl (C=O) groups is 2. The van der Waals surface area contributed by atoms with Gasteiger partial charge in [-0.3, -0.25) is 15.0 Å². The van der Waals surface area contributed by atoms with Crippen LogP contribution in [0.25, 0.3) is 6.08 Å². The monoisotopic (exact) mass is 422 g/mol. The van der Waals surface area contributed by atoms with Crippen LogP contribution in [-0.4, -0.2) is 21.1 Å². The number of hydrogen-bond donors (Lipinski definition) is 1. The molecule has 0 spiro atoms. The summed E-state index contributed by atoms with van der Waals surface area (Å²) >= 11 is 18.3. The van der Waals surface area contributed by atoms with Crippen molar-refractivity contribution in [2.75, 3.05) is 0 Å². The van der Waals surface area contributed by atoms with Crippen LogP contribution < -0.4 is 5.43 Å². The van der Waals surface area contributed by atoms with Gasteiger partial charge in [-0.05, 0) is 55.0 Å². The van der Waals surface area contributed by atoms with E-state index >= 15 is 0 Å². The second kappa shape index (κ2) is 7.80. The Morgan fingerprint density at radius 1 is 1.19 bits per heavy atom. The van der Waals surface area contributed by atoms with Gasteiger partial charge in [-0.25, -0.2) is 0 Å². The first kappa shape index (κ1) is 18.9. The van der Waals surface area contributed by atoms with Crippen LogP contribution in [0.4, 0.5) is 0 Å². The van der Waals surface area contributed by atoms with Crippen LogP contribution in [0.2, 0.25) is 10.0 Å². The second-order valence-electron chi connectivity index (χ2n) is 5.49. The molecule has 2 aromatic carbocycles. The van der Waals surface area contributed by atoms with Gasteiger partial charge in [-0.1, -0.05) is 58.7 Å². The van der Waals surface area contributed by atoms with Gasteiger partial charge in [-0.2, -0.15) is 5.01 Å². The number of benzene rings is 2. The highest BCUT2D eigenvalue weighted by Crippen LogP contribution is 2.33. The molecule has 0 atom stereocenters. The van der Waals surface area contributed by atoms with Crippen LogP contribution >= 0.6 is 47.2 Å². The summed E-state index contributed by atoms with van der Waals surface area (Å²) in [7, 11) is 0. The minimum atomic E-state index is -0.411. The summed E-state index contributed by atoms with van der Waals surface area (Å²) in [4.78, 5) is 25.3. The maximum atomic E-state index is 12.6. The van der Waals surface area contributed by atoms with Gasteiger partial charge < -0.3 is 0 Å². The molecule has 1 N–H and O–H groups in total. The Morgan fingerprint density at radius 2 is 1.88 bits per heavy atom. The number of hydrogen-bond acceptors (Lipinski definition) is 4. The molecule has 1 aliphatic rings. The van der Waals surface area contributed by atoms with E-state index in [1.807, 2.05) is 19.1 Å². The molecule has 1 fully saturated rings. The predicted octanol–water partition coefficient (Wildman–Crippen LogP) is 4.85. The molecule has 4 nitrogen and oxygen atoms in total. The molecule has 26 heavy (non-hydrogen) atoms. The van der Waals surface area contributed by atoms with E-state index < -0.39 is 11.8 Å². The van der Waals surface area contributed by atoms with Gasteiger partial charge in [0.05, 0.1) is 4.91 Å². The third-order valence-corrected chi connectivity index (χ3v) is 5.43. The zero-order valence-corrected chi connectivity index (χ0v) is 16.6. The van der Waals surface area contributed by atoms with Crippen molar-refractivity contribution in [1.29, 1.82) is 0 Å². The van der Waals surface area contributed by atoms with Gasteiger partial charge in [-0.15, -0.1) is 0 Å². The standard InChI is InChI=1S/C18H12Cl2N2O2S2/c1-10-2-4-11(5-3-10)16(23)21-22-17(24)15(26-18(22)25)8-12-6-7-13(19)9-14(12)20/h2-9H,1H3,(H,21,23). The molecule has 2 amide bonds. The molecule has 0 saturated carbocycles. The lowest BCUT2D eigenvalue weighted by atomic mass is 10.1. The van der Waals surface area contributed by atoms with E-state index in [0.717, 1.165) is 22.3 Å². The number of halogens is 2. The molecule has 0 aliphatic carbocycles. The van der Waals surface area contributed by atoms with Gasteiger partial charge in [0, 0.05) is 15.6 Å². The molecular formula is C18H12Cl2N2O2S2. The Bertz CT molecular complexity index is 943. The number of carbonyl (C=O) groups excluding carboxylic acids is 2. The lowest BCUT2D eigenvalue weighted by Crippen LogP contribution is -2.44. The minimum absolute atomic E-state index is 0.242. The van der Waals surface area contributed by atoms with Gasteiger partial charge in [0.1, 0.15) is 0 Å². The molecule has 2 aromatic rings. The number of nitrogens with zero attached hydrogens (tertiary/aromatic N) is 1. The first-order valence-electron chi connectivity index (χ1n) is 7.46. The minimum Gasteiger partial charge on any atom is -0.267 e. The van der Waals surface area contributed by atoms with Crippen molar-refractivity contribution in [1.82, 2.24) is 10.4 Å². The van der Waals surface area contributed by atoms with Gasteiger partial charge >= 0.3 is 0 Å². The highest BCUT2D eigenvalue weighted by molar-refractivity contribution is 8.26. The molecule has 132 valence electrons. The van der Waals surface area contributed by atoms with E-state index in [2.05, 4.69) is 5.43 Å². The van der Waals surface area contributed by atoms with Crippen molar-refractivity contribution in [3.8, 4) is 0 Å². The molecule has 0 aromatic heterocycles. The lowest BCUT2D eigenvalue weighted by Gasteiger charge is -2.15. The van der Waals surface area contributed by atoms with Crippen LogP contribution in [0, 0.1) is 6.92 Å². The first-order valence-corrected chi connectivity index (χ1v) is 9.44. The first-order chi connectivity index (χ1) is 12.3. The van der Waals surface area contributed by atoms with Gasteiger partial charge in [0.15, 0.2) is 4.32 Å². The van der Waals surface area contributed by atoms with Crippen molar-refractivity contribution in [3.63, 3.8) is 0 Å². The molecule has 3 rings (SSSR count). The highest BCUT2D eigenvalue weighted by atomic mass is 35.5. The Balaban J connectivity index is 1.79. The Labute approximate surface area is 170 Å². The molecule has 1 saturated heterocycles. The molecule has 0 bridgehead atoms.